The molecule has 2 aliphatic carbocycles. The molecule has 1 heterocycles. The Balaban J connectivity index is 1.62. The Labute approximate surface area is 112 Å². The second-order valence-corrected chi connectivity index (χ2v) is 6.14. The van der Waals surface area contributed by atoms with E-state index in [9.17, 15) is 9.59 Å². The van der Waals surface area contributed by atoms with E-state index >= 15 is 0 Å². The van der Waals surface area contributed by atoms with Crippen LogP contribution in [-0.2, 0) is 14.3 Å². The Morgan fingerprint density at radius 1 is 1.16 bits per heavy atom. The summed E-state index contributed by atoms with van der Waals surface area (Å²) in [7, 11) is 0. The predicted molar refractivity (Wildman–Crippen MR) is 67.6 cm³/mol. The molecule has 1 aliphatic heterocycles. The highest BCUT2D eigenvalue weighted by Crippen LogP contribution is 2.42. The number of carboxylic acid groups (broad SMARTS) is 1. The van der Waals surface area contributed by atoms with Crippen LogP contribution in [-0.4, -0.2) is 47.2 Å². The topological polar surface area (TPSA) is 66.8 Å². The zero-order chi connectivity index (χ0) is 13.5. The number of amides is 1. The lowest BCUT2D eigenvalue weighted by Gasteiger charge is -2.45. The Morgan fingerprint density at radius 3 is 2.53 bits per heavy atom. The maximum Gasteiger partial charge on any atom is 0.307 e. The Hall–Kier alpha value is -1.10. The smallest absolute Gasteiger partial charge is 0.307 e. The van der Waals surface area contributed by atoms with Crippen LogP contribution >= 0.6 is 0 Å². The molecule has 3 rings (SSSR count). The Morgan fingerprint density at radius 2 is 1.89 bits per heavy atom. The van der Waals surface area contributed by atoms with E-state index in [1.54, 1.807) is 0 Å². The molecule has 5 heteroatoms. The third-order valence-electron chi connectivity index (χ3n) is 4.75. The summed E-state index contributed by atoms with van der Waals surface area (Å²) in [6.07, 6.45) is 6.17. The quantitative estimate of drug-likeness (QED) is 0.818. The van der Waals surface area contributed by atoms with E-state index in [2.05, 4.69) is 0 Å². The number of hydrogen-bond donors (Lipinski definition) is 1. The summed E-state index contributed by atoms with van der Waals surface area (Å²) in [5.41, 5.74) is -0.139. The molecule has 1 saturated heterocycles. The van der Waals surface area contributed by atoms with Crippen LogP contribution in [0, 0.1) is 11.8 Å². The Kier molecular flexibility index (Phi) is 3.25. The molecule has 0 bridgehead atoms. The van der Waals surface area contributed by atoms with Gasteiger partial charge in [-0.1, -0.05) is 19.3 Å². The number of ether oxygens (including phenoxy) is 1. The molecule has 5 nitrogen and oxygen atoms in total. The van der Waals surface area contributed by atoms with Gasteiger partial charge < -0.3 is 14.7 Å². The SMILES string of the molecule is O=C(O)C1CC1C(=O)N1CCOC2(CCCCC2)C1. The summed E-state index contributed by atoms with van der Waals surface area (Å²) in [5.74, 6) is -1.53. The van der Waals surface area contributed by atoms with Crippen LogP contribution in [0.5, 0.6) is 0 Å². The van der Waals surface area contributed by atoms with Crippen molar-refractivity contribution in [2.75, 3.05) is 19.7 Å². The maximum atomic E-state index is 12.3. The first-order valence-electron chi connectivity index (χ1n) is 7.27. The third kappa shape index (κ3) is 2.48. The lowest BCUT2D eigenvalue weighted by atomic mass is 9.83. The van der Waals surface area contributed by atoms with E-state index in [0.717, 1.165) is 12.8 Å². The fourth-order valence-electron chi connectivity index (χ4n) is 3.51. The summed E-state index contributed by atoms with van der Waals surface area (Å²) >= 11 is 0. The van der Waals surface area contributed by atoms with E-state index in [1.165, 1.54) is 19.3 Å². The second kappa shape index (κ2) is 4.78. The van der Waals surface area contributed by atoms with Crippen molar-refractivity contribution >= 4 is 11.9 Å². The summed E-state index contributed by atoms with van der Waals surface area (Å²) in [5, 5.41) is 8.92. The van der Waals surface area contributed by atoms with Gasteiger partial charge in [0.2, 0.25) is 5.91 Å². The van der Waals surface area contributed by atoms with Crippen molar-refractivity contribution in [2.45, 2.75) is 44.1 Å². The molecular formula is C14H21NO4. The standard InChI is InChI=1S/C14H21NO4/c16-12(10-8-11(10)13(17)18)15-6-7-19-14(9-15)4-2-1-3-5-14/h10-11H,1-9H2,(H,17,18). The number of aliphatic carboxylic acids is 1. The predicted octanol–water partition coefficient (Wildman–Crippen LogP) is 1.27. The van der Waals surface area contributed by atoms with Crippen LogP contribution < -0.4 is 0 Å². The molecule has 1 spiro atoms. The van der Waals surface area contributed by atoms with Gasteiger partial charge in [-0.15, -0.1) is 0 Å². The van der Waals surface area contributed by atoms with Gasteiger partial charge in [0.25, 0.3) is 0 Å². The molecule has 3 aliphatic rings. The number of carbonyl (C=O) groups excluding carboxylic acids is 1. The number of nitrogens with zero attached hydrogens (tertiary/aromatic N) is 1. The highest BCUT2D eigenvalue weighted by molar-refractivity contribution is 5.89. The van der Waals surface area contributed by atoms with Gasteiger partial charge in [-0.25, -0.2) is 0 Å². The summed E-state index contributed by atoms with van der Waals surface area (Å²) < 4.78 is 5.95. The molecule has 0 aromatic heterocycles. The number of carboxylic acids is 1. The van der Waals surface area contributed by atoms with Crippen molar-refractivity contribution in [1.29, 1.82) is 0 Å². The number of rotatable bonds is 2. The van der Waals surface area contributed by atoms with Crippen molar-refractivity contribution in [1.82, 2.24) is 4.90 Å². The largest absolute Gasteiger partial charge is 0.481 e. The van der Waals surface area contributed by atoms with Crippen LogP contribution in [0.4, 0.5) is 0 Å². The van der Waals surface area contributed by atoms with Crippen molar-refractivity contribution < 1.29 is 19.4 Å². The average molecular weight is 267 g/mol. The minimum atomic E-state index is -0.834. The lowest BCUT2D eigenvalue weighted by Crippen LogP contribution is -2.54. The lowest BCUT2D eigenvalue weighted by molar-refractivity contribution is -0.158. The normalized spacial score (nSPS) is 33.2. The van der Waals surface area contributed by atoms with E-state index in [-0.39, 0.29) is 17.4 Å². The van der Waals surface area contributed by atoms with Gasteiger partial charge in [-0.2, -0.15) is 0 Å². The average Bonchev–Trinajstić information content (AvgIpc) is 3.19. The first-order chi connectivity index (χ1) is 9.11. The minimum Gasteiger partial charge on any atom is -0.481 e. The van der Waals surface area contributed by atoms with Crippen molar-refractivity contribution in [3.8, 4) is 0 Å². The molecule has 19 heavy (non-hydrogen) atoms. The van der Waals surface area contributed by atoms with Gasteiger partial charge in [-0.3, -0.25) is 9.59 Å². The van der Waals surface area contributed by atoms with E-state index in [1.807, 2.05) is 4.90 Å². The minimum absolute atomic E-state index is 0.0284. The third-order valence-corrected chi connectivity index (χ3v) is 4.75. The van der Waals surface area contributed by atoms with E-state index in [0.29, 0.717) is 26.1 Å². The second-order valence-electron chi connectivity index (χ2n) is 6.14. The van der Waals surface area contributed by atoms with E-state index < -0.39 is 11.9 Å². The van der Waals surface area contributed by atoms with Crippen LogP contribution in [0.2, 0.25) is 0 Å². The summed E-state index contributed by atoms with van der Waals surface area (Å²) in [6.45, 7) is 1.87. The van der Waals surface area contributed by atoms with Gasteiger partial charge in [0.1, 0.15) is 0 Å². The molecule has 3 fully saturated rings. The van der Waals surface area contributed by atoms with E-state index in [4.69, 9.17) is 9.84 Å². The van der Waals surface area contributed by atoms with Gasteiger partial charge >= 0.3 is 5.97 Å². The first kappa shape index (κ1) is 12.9. The van der Waals surface area contributed by atoms with Gasteiger partial charge in [0, 0.05) is 13.1 Å². The van der Waals surface area contributed by atoms with Crippen molar-refractivity contribution in [2.24, 2.45) is 11.8 Å². The van der Waals surface area contributed by atoms with Gasteiger partial charge in [0.15, 0.2) is 0 Å². The first-order valence-corrected chi connectivity index (χ1v) is 7.27. The van der Waals surface area contributed by atoms with Gasteiger partial charge in [0.05, 0.1) is 24.0 Å². The maximum absolute atomic E-state index is 12.3. The van der Waals surface area contributed by atoms with Crippen LogP contribution in [0.15, 0.2) is 0 Å². The van der Waals surface area contributed by atoms with Crippen molar-refractivity contribution in [3.63, 3.8) is 0 Å². The molecule has 0 aromatic rings. The fourth-order valence-corrected chi connectivity index (χ4v) is 3.51. The van der Waals surface area contributed by atoms with Crippen LogP contribution in [0.3, 0.4) is 0 Å². The van der Waals surface area contributed by atoms with Crippen molar-refractivity contribution in [3.05, 3.63) is 0 Å². The summed E-state index contributed by atoms with van der Waals surface area (Å²) in [4.78, 5) is 25.0. The van der Waals surface area contributed by atoms with Crippen LogP contribution in [0.1, 0.15) is 38.5 Å². The number of morpholine rings is 1. The Bertz CT molecular complexity index is 383. The molecule has 2 atom stereocenters. The molecule has 2 saturated carbocycles. The summed E-state index contributed by atoms with van der Waals surface area (Å²) in [6, 6.07) is 0. The highest BCUT2D eigenvalue weighted by Gasteiger charge is 2.51. The van der Waals surface area contributed by atoms with Gasteiger partial charge in [-0.05, 0) is 19.3 Å². The molecule has 2 unspecified atom stereocenters. The monoisotopic (exact) mass is 267 g/mol. The number of hydrogen-bond acceptors (Lipinski definition) is 3. The number of carbonyl (C=O) groups is 2. The molecule has 0 radical (unpaired) electrons. The zero-order valence-corrected chi connectivity index (χ0v) is 11.1. The highest BCUT2D eigenvalue weighted by atomic mass is 16.5. The fraction of sp³-hybridized carbons (Fsp3) is 0.857. The van der Waals surface area contributed by atoms with Crippen LogP contribution in [0.25, 0.3) is 0 Å². The molecule has 1 N–H and O–H groups in total. The zero-order valence-electron chi connectivity index (χ0n) is 11.1. The molecular weight excluding hydrogens is 246 g/mol. The molecule has 1 amide bonds. The molecule has 106 valence electrons. The molecule has 0 aromatic carbocycles.